The summed E-state index contributed by atoms with van der Waals surface area (Å²) in [7, 11) is 0. The standard InChI is InChI=1S/C45H43F2N9O7/c46-27-18-26(19-28(47)21-27)17-25-1-6-36-35(20-25)41(53-52-36)51-42(59)33-5-3-31(23-37(33)49-29-9-15-63-16-10-29)54-11-13-55(14-12-54)40(58)24-48-30-2-4-32-34(22-30)45(62)56(44(32)61)38-7-8-39(57)50-43(38)60/h1-6,18-23,29,38,48-49H,7-17,24H2,(H,50,57,60)(H2,51,52,53,59). The van der Waals surface area contributed by atoms with Gasteiger partial charge in [-0.15, -0.1) is 0 Å². The maximum atomic E-state index is 14.0. The maximum absolute atomic E-state index is 14.0. The zero-order valence-electron chi connectivity index (χ0n) is 34.0. The number of carbonyl (C=O) groups is 6. The van der Waals surface area contributed by atoms with Crippen molar-refractivity contribution >= 4 is 69.2 Å². The summed E-state index contributed by atoms with van der Waals surface area (Å²) in [5.41, 5.74) is 4.60. The number of hydrogen-bond donors (Lipinski definition) is 5. The van der Waals surface area contributed by atoms with Gasteiger partial charge in [0, 0.05) is 80.4 Å². The molecule has 5 heterocycles. The number of halogens is 2. The van der Waals surface area contributed by atoms with Crippen LogP contribution in [0.4, 0.5) is 31.7 Å². The Bertz CT molecular complexity index is 2650. The highest BCUT2D eigenvalue weighted by atomic mass is 19.1. The Morgan fingerprint density at radius 2 is 1.57 bits per heavy atom. The molecule has 5 N–H and O–H groups in total. The summed E-state index contributed by atoms with van der Waals surface area (Å²) in [6.07, 6.45) is 1.89. The molecule has 16 nitrogen and oxygen atoms in total. The molecule has 324 valence electrons. The predicted octanol–water partition coefficient (Wildman–Crippen LogP) is 4.44. The van der Waals surface area contributed by atoms with Crippen molar-refractivity contribution < 1.29 is 42.3 Å². The zero-order chi connectivity index (χ0) is 43.8. The van der Waals surface area contributed by atoms with Crippen LogP contribution in [0, 0.1) is 11.6 Å². The largest absolute Gasteiger partial charge is 0.381 e. The number of anilines is 4. The second-order valence-electron chi connectivity index (χ2n) is 16.1. The molecule has 4 aliphatic rings. The average molecular weight is 860 g/mol. The minimum atomic E-state index is -1.07. The molecule has 4 aliphatic heterocycles. The summed E-state index contributed by atoms with van der Waals surface area (Å²) < 4.78 is 33.3. The molecule has 5 aromatic rings. The summed E-state index contributed by atoms with van der Waals surface area (Å²) in [6.45, 7) is 3.08. The van der Waals surface area contributed by atoms with Gasteiger partial charge in [0.1, 0.15) is 17.7 Å². The van der Waals surface area contributed by atoms with Crippen LogP contribution in [0.15, 0.2) is 72.8 Å². The first-order valence-electron chi connectivity index (χ1n) is 20.8. The molecule has 18 heteroatoms. The van der Waals surface area contributed by atoms with E-state index in [4.69, 9.17) is 4.74 Å². The number of rotatable bonds is 11. The molecule has 6 amide bonds. The SMILES string of the molecule is O=C1CCC(N2C(=O)c3ccc(NCC(=O)N4CCN(c5ccc(C(=O)Nc6n[nH]c7ccc(Cc8cc(F)cc(F)c8)cc67)c(NC6CCOCC6)c5)CC4)cc3C2=O)C(=O)N1. The van der Waals surface area contributed by atoms with Gasteiger partial charge >= 0.3 is 0 Å². The molecule has 1 atom stereocenters. The number of aromatic amines is 1. The first-order chi connectivity index (χ1) is 30.5. The number of fused-ring (bicyclic) bond motifs is 2. The Balaban J connectivity index is 0.841. The lowest BCUT2D eigenvalue weighted by Crippen LogP contribution is -2.54. The number of nitrogens with one attached hydrogen (secondary N) is 5. The van der Waals surface area contributed by atoms with Crippen LogP contribution in [0.1, 0.15) is 67.9 Å². The van der Waals surface area contributed by atoms with Crippen LogP contribution in [-0.2, 0) is 25.5 Å². The van der Waals surface area contributed by atoms with Crippen molar-refractivity contribution in [3.8, 4) is 0 Å². The molecule has 63 heavy (non-hydrogen) atoms. The molecule has 3 saturated heterocycles. The van der Waals surface area contributed by atoms with Gasteiger partial charge in [-0.3, -0.25) is 44.1 Å². The Morgan fingerprint density at radius 3 is 2.33 bits per heavy atom. The lowest BCUT2D eigenvalue weighted by Gasteiger charge is -2.36. The van der Waals surface area contributed by atoms with Gasteiger partial charge < -0.3 is 30.5 Å². The molecule has 0 radical (unpaired) electrons. The highest BCUT2D eigenvalue weighted by Gasteiger charge is 2.44. The van der Waals surface area contributed by atoms with Crippen molar-refractivity contribution in [2.45, 2.75) is 44.2 Å². The molecule has 0 spiro atoms. The van der Waals surface area contributed by atoms with E-state index >= 15 is 0 Å². The van der Waals surface area contributed by atoms with Crippen LogP contribution in [0.25, 0.3) is 10.9 Å². The molecule has 4 aromatic carbocycles. The number of amides is 6. The minimum absolute atomic E-state index is 0.0234. The van der Waals surface area contributed by atoms with Crippen molar-refractivity contribution in [1.29, 1.82) is 0 Å². The fourth-order valence-corrected chi connectivity index (χ4v) is 8.58. The number of hydrogen-bond acceptors (Lipinski definition) is 11. The number of aromatic nitrogens is 2. The smallest absolute Gasteiger partial charge is 0.262 e. The van der Waals surface area contributed by atoms with Crippen molar-refractivity contribution in [2.24, 2.45) is 0 Å². The molecule has 1 aromatic heterocycles. The number of carbonyl (C=O) groups excluding carboxylic acids is 6. The van der Waals surface area contributed by atoms with Crippen LogP contribution >= 0.6 is 0 Å². The van der Waals surface area contributed by atoms with Crippen LogP contribution in [0.3, 0.4) is 0 Å². The van der Waals surface area contributed by atoms with Crippen LogP contribution < -0.4 is 26.2 Å². The Hall–Kier alpha value is -7.21. The third kappa shape index (κ3) is 8.66. The number of ether oxygens (including phenoxy) is 1. The van der Waals surface area contributed by atoms with E-state index in [0.29, 0.717) is 78.6 Å². The summed E-state index contributed by atoms with van der Waals surface area (Å²) in [5, 5.41) is 19.7. The highest BCUT2D eigenvalue weighted by molar-refractivity contribution is 6.23. The Morgan fingerprint density at radius 1 is 0.810 bits per heavy atom. The van der Waals surface area contributed by atoms with E-state index < -0.39 is 41.3 Å². The van der Waals surface area contributed by atoms with Gasteiger partial charge in [-0.05, 0) is 97.5 Å². The molecule has 3 fully saturated rings. The predicted molar refractivity (Wildman–Crippen MR) is 228 cm³/mol. The second-order valence-corrected chi connectivity index (χ2v) is 16.1. The van der Waals surface area contributed by atoms with Gasteiger partial charge in [0.2, 0.25) is 17.7 Å². The Kier molecular flexibility index (Phi) is 11.3. The summed E-state index contributed by atoms with van der Waals surface area (Å²) >= 11 is 0. The summed E-state index contributed by atoms with van der Waals surface area (Å²) in [5.74, 6) is -3.89. The molecule has 9 rings (SSSR count). The molecular formula is C45H43F2N9O7. The third-order valence-corrected chi connectivity index (χ3v) is 11.9. The number of H-pyrrole nitrogens is 1. The van der Waals surface area contributed by atoms with E-state index in [1.165, 1.54) is 24.3 Å². The fraction of sp³-hybridized carbons (Fsp3) is 0.311. The second kappa shape index (κ2) is 17.3. The third-order valence-electron chi connectivity index (χ3n) is 11.9. The van der Waals surface area contributed by atoms with Crippen molar-refractivity contribution in [1.82, 2.24) is 25.3 Å². The molecule has 0 saturated carbocycles. The number of piperazine rings is 1. The van der Waals surface area contributed by atoms with Crippen LogP contribution in [0.5, 0.6) is 0 Å². The summed E-state index contributed by atoms with van der Waals surface area (Å²) in [6, 6.07) is 18.1. The van der Waals surface area contributed by atoms with Crippen LogP contribution in [-0.4, -0.2) is 113 Å². The molecular weight excluding hydrogens is 817 g/mol. The first kappa shape index (κ1) is 41.2. The number of nitrogens with zero attached hydrogens (tertiary/aromatic N) is 4. The van der Waals surface area contributed by atoms with Crippen molar-refractivity contribution in [3.63, 3.8) is 0 Å². The first-order valence-corrected chi connectivity index (χ1v) is 20.8. The van der Waals surface area contributed by atoms with E-state index in [9.17, 15) is 37.5 Å². The molecule has 0 bridgehead atoms. The van der Waals surface area contributed by atoms with Crippen molar-refractivity contribution in [2.75, 3.05) is 66.8 Å². The topological polar surface area (TPSA) is 198 Å². The molecule has 1 unspecified atom stereocenters. The van der Waals surface area contributed by atoms with E-state index in [-0.39, 0.29) is 54.8 Å². The molecule has 0 aliphatic carbocycles. The fourth-order valence-electron chi connectivity index (χ4n) is 8.58. The van der Waals surface area contributed by atoms with Gasteiger partial charge in [0.25, 0.3) is 17.7 Å². The van der Waals surface area contributed by atoms with Crippen molar-refractivity contribution in [3.05, 3.63) is 112 Å². The van der Waals surface area contributed by atoms with Gasteiger partial charge in [0.15, 0.2) is 5.82 Å². The lowest BCUT2D eigenvalue weighted by molar-refractivity contribution is -0.136. The quantitative estimate of drug-likeness (QED) is 0.118. The normalized spacial score (nSPS) is 18.1. The maximum Gasteiger partial charge on any atom is 0.262 e. The van der Waals surface area contributed by atoms with Crippen LogP contribution in [0.2, 0.25) is 0 Å². The van der Waals surface area contributed by atoms with Gasteiger partial charge in [-0.25, -0.2) is 8.78 Å². The number of imide groups is 2. The number of piperidine rings is 1. The average Bonchev–Trinajstić information content (AvgIpc) is 3.78. The van der Waals surface area contributed by atoms with E-state index in [1.807, 2.05) is 30.3 Å². The minimum Gasteiger partial charge on any atom is -0.381 e. The van der Waals surface area contributed by atoms with E-state index in [0.717, 1.165) is 35.1 Å². The summed E-state index contributed by atoms with van der Waals surface area (Å²) in [4.78, 5) is 82.5. The Labute approximate surface area is 359 Å². The lowest BCUT2D eigenvalue weighted by atomic mass is 10.0. The van der Waals surface area contributed by atoms with Gasteiger partial charge in [-0.1, -0.05) is 6.07 Å². The van der Waals surface area contributed by atoms with Gasteiger partial charge in [0.05, 0.1) is 28.8 Å². The zero-order valence-corrected chi connectivity index (χ0v) is 34.0. The van der Waals surface area contributed by atoms with E-state index in [2.05, 4.69) is 36.4 Å². The highest BCUT2D eigenvalue weighted by Crippen LogP contribution is 2.32. The monoisotopic (exact) mass is 859 g/mol. The van der Waals surface area contributed by atoms with E-state index in [1.54, 1.807) is 17.0 Å². The number of benzene rings is 4. The van der Waals surface area contributed by atoms with Gasteiger partial charge in [-0.2, -0.15) is 5.10 Å².